The highest BCUT2D eigenvalue weighted by atomic mass is 19.1. The van der Waals surface area contributed by atoms with Crippen molar-refractivity contribution >= 4 is 0 Å². The van der Waals surface area contributed by atoms with Crippen LogP contribution in [0.3, 0.4) is 0 Å². The maximum absolute atomic E-state index is 12.5. The molecule has 0 fully saturated rings. The number of benzene rings is 1. The Morgan fingerprint density at radius 1 is 1.33 bits per heavy atom. The fourth-order valence-electron chi connectivity index (χ4n) is 1.58. The van der Waals surface area contributed by atoms with Crippen LogP contribution >= 0.6 is 0 Å². The lowest BCUT2D eigenvalue weighted by atomic mass is 10.1. The second-order valence-corrected chi connectivity index (χ2v) is 3.25. The van der Waals surface area contributed by atoms with Crippen LogP contribution in [0.1, 0.15) is 11.1 Å². The molecule has 0 saturated heterocycles. The minimum Gasteiger partial charge on any atom is -0.486 e. The first-order valence-electron chi connectivity index (χ1n) is 4.69. The highest BCUT2D eigenvalue weighted by molar-refractivity contribution is 5.50. The number of alkyl halides is 1. The van der Waals surface area contributed by atoms with E-state index >= 15 is 0 Å². The van der Waals surface area contributed by atoms with Crippen LogP contribution in [-0.4, -0.2) is 18.4 Å². The molecule has 1 aromatic carbocycles. The van der Waals surface area contributed by atoms with E-state index in [1.165, 1.54) is 0 Å². The predicted octanol–water partition coefficient (Wildman–Crippen LogP) is 1.41. The molecule has 0 saturated carbocycles. The van der Waals surface area contributed by atoms with Gasteiger partial charge in [-0.3, -0.25) is 0 Å². The van der Waals surface area contributed by atoms with Crippen LogP contribution in [0.5, 0.6) is 11.5 Å². The maximum Gasteiger partial charge on any atom is 0.165 e. The number of ether oxygens (including phenoxy) is 2. The SMILES string of the molecule is ONCc1cc(CF)cc2c1OCCO2. The minimum atomic E-state index is -0.560. The summed E-state index contributed by atoms with van der Waals surface area (Å²) in [5.41, 5.74) is 3.24. The van der Waals surface area contributed by atoms with E-state index in [1.54, 1.807) is 12.1 Å². The molecule has 0 aromatic heterocycles. The first-order chi connectivity index (χ1) is 7.35. The molecule has 1 aliphatic heterocycles. The topological polar surface area (TPSA) is 50.7 Å². The zero-order chi connectivity index (χ0) is 10.7. The van der Waals surface area contributed by atoms with Crippen LogP contribution < -0.4 is 15.0 Å². The normalized spacial score (nSPS) is 14.0. The molecule has 0 radical (unpaired) electrons. The van der Waals surface area contributed by atoms with E-state index in [0.717, 1.165) is 0 Å². The lowest BCUT2D eigenvalue weighted by molar-refractivity contribution is 0.150. The van der Waals surface area contributed by atoms with Gasteiger partial charge in [-0.1, -0.05) is 0 Å². The summed E-state index contributed by atoms with van der Waals surface area (Å²) in [7, 11) is 0. The Labute approximate surface area is 86.6 Å². The molecule has 15 heavy (non-hydrogen) atoms. The van der Waals surface area contributed by atoms with Crippen LogP contribution in [0.15, 0.2) is 12.1 Å². The molecular weight excluding hydrogens is 201 g/mol. The summed E-state index contributed by atoms with van der Waals surface area (Å²) in [6.07, 6.45) is 0. The molecule has 2 rings (SSSR count). The van der Waals surface area contributed by atoms with Crippen molar-refractivity contribution in [2.75, 3.05) is 13.2 Å². The second kappa shape index (κ2) is 4.46. The number of nitrogens with one attached hydrogen (secondary N) is 1. The lowest BCUT2D eigenvalue weighted by Gasteiger charge is -2.21. The summed E-state index contributed by atoms with van der Waals surface area (Å²) < 4.78 is 23.3. The number of fused-ring (bicyclic) bond motifs is 1. The molecule has 5 heteroatoms. The van der Waals surface area contributed by atoms with Gasteiger partial charge in [-0.25, -0.2) is 9.87 Å². The summed E-state index contributed by atoms with van der Waals surface area (Å²) in [5, 5.41) is 8.64. The highest BCUT2D eigenvalue weighted by Gasteiger charge is 2.17. The van der Waals surface area contributed by atoms with Crippen molar-refractivity contribution in [3.8, 4) is 11.5 Å². The average Bonchev–Trinajstić information content (AvgIpc) is 2.29. The molecule has 0 spiro atoms. The summed E-state index contributed by atoms with van der Waals surface area (Å²) in [6, 6.07) is 3.27. The summed E-state index contributed by atoms with van der Waals surface area (Å²) in [4.78, 5) is 0. The Morgan fingerprint density at radius 2 is 2.13 bits per heavy atom. The smallest absolute Gasteiger partial charge is 0.165 e. The maximum atomic E-state index is 12.5. The molecule has 1 heterocycles. The van der Waals surface area contributed by atoms with Gasteiger partial charge in [-0.2, -0.15) is 0 Å². The van der Waals surface area contributed by atoms with Crippen molar-refractivity contribution in [2.24, 2.45) is 0 Å². The van der Waals surface area contributed by atoms with E-state index in [2.05, 4.69) is 0 Å². The van der Waals surface area contributed by atoms with Crippen molar-refractivity contribution in [1.82, 2.24) is 5.48 Å². The Hall–Kier alpha value is -1.33. The number of halogens is 1. The predicted molar refractivity (Wildman–Crippen MR) is 50.9 cm³/mol. The molecule has 0 amide bonds. The van der Waals surface area contributed by atoms with E-state index in [4.69, 9.17) is 14.7 Å². The quantitative estimate of drug-likeness (QED) is 0.745. The van der Waals surface area contributed by atoms with E-state index in [9.17, 15) is 4.39 Å². The zero-order valence-corrected chi connectivity index (χ0v) is 8.12. The van der Waals surface area contributed by atoms with Crippen molar-refractivity contribution in [1.29, 1.82) is 0 Å². The third-order valence-electron chi connectivity index (χ3n) is 2.20. The molecule has 0 atom stereocenters. The van der Waals surface area contributed by atoms with Crippen LogP contribution in [0.2, 0.25) is 0 Å². The lowest BCUT2D eigenvalue weighted by Crippen LogP contribution is -2.18. The Bertz CT molecular complexity index is 357. The van der Waals surface area contributed by atoms with E-state index in [-0.39, 0.29) is 6.54 Å². The fraction of sp³-hybridized carbons (Fsp3) is 0.400. The third kappa shape index (κ3) is 2.03. The highest BCUT2D eigenvalue weighted by Crippen LogP contribution is 2.35. The molecule has 2 N–H and O–H groups in total. The van der Waals surface area contributed by atoms with Crippen molar-refractivity contribution in [3.05, 3.63) is 23.3 Å². The van der Waals surface area contributed by atoms with Gasteiger partial charge >= 0.3 is 0 Å². The molecule has 1 aromatic rings. The Morgan fingerprint density at radius 3 is 2.87 bits per heavy atom. The van der Waals surface area contributed by atoms with Gasteiger partial charge < -0.3 is 14.7 Å². The molecule has 1 aliphatic rings. The number of rotatable bonds is 3. The summed E-state index contributed by atoms with van der Waals surface area (Å²) in [5.74, 6) is 1.13. The van der Waals surface area contributed by atoms with Crippen LogP contribution in [0, 0.1) is 0 Å². The van der Waals surface area contributed by atoms with E-state index in [1.807, 2.05) is 5.48 Å². The minimum absolute atomic E-state index is 0.208. The van der Waals surface area contributed by atoms with Gasteiger partial charge in [0.15, 0.2) is 11.5 Å². The monoisotopic (exact) mass is 213 g/mol. The van der Waals surface area contributed by atoms with E-state index < -0.39 is 6.67 Å². The summed E-state index contributed by atoms with van der Waals surface area (Å²) >= 11 is 0. The molecule has 0 unspecified atom stereocenters. The van der Waals surface area contributed by atoms with Gasteiger partial charge in [0.2, 0.25) is 0 Å². The molecule has 4 nitrogen and oxygen atoms in total. The molecule has 82 valence electrons. The van der Waals surface area contributed by atoms with Gasteiger partial charge in [-0.05, 0) is 17.7 Å². The van der Waals surface area contributed by atoms with Crippen molar-refractivity contribution < 1.29 is 19.1 Å². The van der Waals surface area contributed by atoms with Gasteiger partial charge in [0.25, 0.3) is 0 Å². The Balaban J connectivity index is 2.41. The van der Waals surface area contributed by atoms with Gasteiger partial charge in [0.05, 0.1) is 0 Å². The third-order valence-corrected chi connectivity index (χ3v) is 2.20. The summed E-state index contributed by atoms with van der Waals surface area (Å²) in [6.45, 7) is 0.587. The van der Waals surface area contributed by atoms with E-state index in [0.29, 0.717) is 35.8 Å². The molecular formula is C10H12FNO3. The van der Waals surface area contributed by atoms with Gasteiger partial charge in [0, 0.05) is 12.1 Å². The largest absolute Gasteiger partial charge is 0.486 e. The Kier molecular flexibility index (Phi) is 3.03. The fourth-order valence-corrected chi connectivity index (χ4v) is 1.58. The van der Waals surface area contributed by atoms with Gasteiger partial charge in [0.1, 0.15) is 19.9 Å². The first-order valence-corrected chi connectivity index (χ1v) is 4.69. The van der Waals surface area contributed by atoms with Crippen LogP contribution in [0.4, 0.5) is 4.39 Å². The van der Waals surface area contributed by atoms with Crippen LogP contribution in [-0.2, 0) is 13.2 Å². The number of hydrogen-bond donors (Lipinski definition) is 2. The van der Waals surface area contributed by atoms with Crippen LogP contribution in [0.25, 0.3) is 0 Å². The van der Waals surface area contributed by atoms with Gasteiger partial charge in [-0.15, -0.1) is 0 Å². The second-order valence-electron chi connectivity index (χ2n) is 3.25. The zero-order valence-electron chi connectivity index (χ0n) is 8.12. The molecule has 0 bridgehead atoms. The molecule has 0 aliphatic carbocycles. The van der Waals surface area contributed by atoms with Crippen molar-refractivity contribution in [2.45, 2.75) is 13.2 Å². The number of hydrogen-bond acceptors (Lipinski definition) is 4. The van der Waals surface area contributed by atoms with Crippen molar-refractivity contribution in [3.63, 3.8) is 0 Å². The standard InChI is InChI=1S/C10H12FNO3/c11-5-7-3-8(6-12-13)10-9(4-7)14-1-2-15-10/h3-4,12-13H,1-2,5-6H2. The average molecular weight is 213 g/mol. The number of hydroxylamine groups is 1. The first kappa shape index (κ1) is 10.2.